The van der Waals surface area contributed by atoms with Crippen LogP contribution in [0.4, 0.5) is 0 Å². The van der Waals surface area contributed by atoms with E-state index in [0.717, 1.165) is 12.8 Å². The van der Waals surface area contributed by atoms with Crippen LogP contribution in [0.5, 0.6) is 0 Å². The summed E-state index contributed by atoms with van der Waals surface area (Å²) in [5.41, 5.74) is 5.93. The molecule has 1 heterocycles. The number of carbonyl (C=O) groups is 1. The van der Waals surface area contributed by atoms with Gasteiger partial charge in [-0.25, -0.2) is 0 Å². The molecule has 0 aromatic carbocycles. The van der Waals surface area contributed by atoms with E-state index in [4.69, 9.17) is 5.73 Å². The molecule has 0 radical (unpaired) electrons. The fraction of sp³-hybridized carbons (Fsp3) is 0.600. The number of Topliss-reactive ketones (excluding diaryl/α,β-unsaturated/α-hetero) is 1. The maximum absolute atomic E-state index is 12.0. The number of carbonyl (C=O) groups excluding carboxylic acids is 1. The molecule has 1 aromatic heterocycles. The molecule has 14 heavy (non-hydrogen) atoms. The fourth-order valence-electron chi connectivity index (χ4n) is 1.72. The van der Waals surface area contributed by atoms with Crippen molar-refractivity contribution in [3.63, 3.8) is 0 Å². The van der Waals surface area contributed by atoms with Gasteiger partial charge in [-0.1, -0.05) is 0 Å². The lowest BCUT2D eigenvalue weighted by atomic mass is 9.89. The van der Waals surface area contributed by atoms with Crippen molar-refractivity contribution in [1.82, 2.24) is 9.78 Å². The van der Waals surface area contributed by atoms with E-state index in [1.54, 1.807) is 24.1 Å². The Morgan fingerprint density at radius 2 is 2.36 bits per heavy atom. The molecule has 1 aromatic rings. The van der Waals surface area contributed by atoms with E-state index in [9.17, 15) is 4.79 Å². The van der Waals surface area contributed by atoms with Gasteiger partial charge in [0.25, 0.3) is 0 Å². The average molecular weight is 193 g/mol. The molecule has 0 amide bonds. The van der Waals surface area contributed by atoms with Crippen LogP contribution in [0, 0.1) is 5.92 Å². The summed E-state index contributed by atoms with van der Waals surface area (Å²) in [6.45, 7) is 1.82. The summed E-state index contributed by atoms with van der Waals surface area (Å²) in [6.07, 6.45) is 5.43. The van der Waals surface area contributed by atoms with Crippen LogP contribution >= 0.6 is 0 Å². The maximum atomic E-state index is 12.0. The van der Waals surface area contributed by atoms with E-state index in [-0.39, 0.29) is 5.78 Å². The minimum absolute atomic E-state index is 0.00750. The highest BCUT2D eigenvalue weighted by Gasteiger charge is 2.44. The second kappa shape index (κ2) is 2.92. The van der Waals surface area contributed by atoms with Crippen molar-refractivity contribution in [2.45, 2.75) is 25.3 Å². The molecule has 1 atom stereocenters. The van der Waals surface area contributed by atoms with Crippen LogP contribution in [0.3, 0.4) is 0 Å². The Morgan fingerprint density at radius 3 is 2.79 bits per heavy atom. The highest BCUT2D eigenvalue weighted by atomic mass is 16.1. The third-order valence-corrected chi connectivity index (χ3v) is 2.88. The van der Waals surface area contributed by atoms with Crippen LogP contribution in [-0.2, 0) is 7.05 Å². The van der Waals surface area contributed by atoms with Gasteiger partial charge >= 0.3 is 0 Å². The third-order valence-electron chi connectivity index (χ3n) is 2.88. The minimum atomic E-state index is -0.705. The highest BCUT2D eigenvalue weighted by Crippen LogP contribution is 2.39. The number of aromatic nitrogens is 2. The molecule has 1 aliphatic carbocycles. The smallest absolute Gasteiger partial charge is 0.185 e. The first kappa shape index (κ1) is 9.40. The second-order valence-corrected chi connectivity index (χ2v) is 4.29. The van der Waals surface area contributed by atoms with Gasteiger partial charge in [0.2, 0.25) is 0 Å². The molecule has 0 saturated heterocycles. The fourth-order valence-corrected chi connectivity index (χ4v) is 1.72. The number of nitrogens with two attached hydrogens (primary N) is 1. The first-order valence-electron chi connectivity index (χ1n) is 4.84. The molecular weight excluding hydrogens is 178 g/mol. The molecule has 1 saturated carbocycles. The topological polar surface area (TPSA) is 60.9 Å². The number of nitrogens with zero attached hydrogens (tertiary/aromatic N) is 2. The van der Waals surface area contributed by atoms with Crippen molar-refractivity contribution in [3.8, 4) is 0 Å². The largest absolute Gasteiger partial charge is 0.319 e. The zero-order valence-electron chi connectivity index (χ0n) is 8.53. The molecule has 2 N–H and O–H groups in total. The van der Waals surface area contributed by atoms with Crippen molar-refractivity contribution >= 4 is 5.78 Å². The first-order chi connectivity index (χ1) is 6.51. The van der Waals surface area contributed by atoms with Crippen molar-refractivity contribution in [2.24, 2.45) is 18.7 Å². The number of ketones is 1. The molecule has 76 valence electrons. The average Bonchev–Trinajstić information content (AvgIpc) is 2.89. The van der Waals surface area contributed by atoms with Crippen molar-refractivity contribution in [3.05, 3.63) is 18.0 Å². The molecule has 0 aliphatic heterocycles. The summed E-state index contributed by atoms with van der Waals surface area (Å²) < 4.78 is 1.62. The number of aryl methyl sites for hydroxylation is 1. The van der Waals surface area contributed by atoms with E-state index < -0.39 is 5.54 Å². The predicted molar refractivity (Wildman–Crippen MR) is 52.9 cm³/mol. The molecule has 0 spiro atoms. The predicted octanol–water partition coefficient (Wildman–Crippen LogP) is 0.730. The summed E-state index contributed by atoms with van der Waals surface area (Å²) in [5.74, 6) is 0.364. The van der Waals surface area contributed by atoms with Crippen LogP contribution in [-0.4, -0.2) is 21.1 Å². The standard InChI is InChI=1S/C10H15N3O/c1-10(11,8-3-4-8)9(14)7-5-12-13(2)6-7/h5-6,8H,3-4,11H2,1-2H3. The van der Waals surface area contributed by atoms with Gasteiger partial charge in [-0.3, -0.25) is 9.48 Å². The summed E-state index contributed by atoms with van der Waals surface area (Å²) in [7, 11) is 1.79. The Balaban J connectivity index is 2.22. The summed E-state index contributed by atoms with van der Waals surface area (Å²) in [5, 5.41) is 3.97. The third kappa shape index (κ3) is 1.46. The summed E-state index contributed by atoms with van der Waals surface area (Å²) in [4.78, 5) is 12.0. The van der Waals surface area contributed by atoms with Gasteiger partial charge in [-0.2, -0.15) is 5.10 Å². The van der Waals surface area contributed by atoms with E-state index in [1.165, 1.54) is 0 Å². The summed E-state index contributed by atoms with van der Waals surface area (Å²) in [6, 6.07) is 0. The Hall–Kier alpha value is -1.16. The zero-order chi connectivity index (χ0) is 10.3. The van der Waals surface area contributed by atoms with Crippen LogP contribution in [0.25, 0.3) is 0 Å². The molecule has 4 heteroatoms. The van der Waals surface area contributed by atoms with E-state index in [1.807, 2.05) is 6.92 Å². The Kier molecular flexibility index (Phi) is 1.96. The molecule has 1 fully saturated rings. The molecular formula is C10H15N3O. The van der Waals surface area contributed by atoms with Crippen LogP contribution in [0.1, 0.15) is 30.1 Å². The van der Waals surface area contributed by atoms with E-state index in [2.05, 4.69) is 5.10 Å². The minimum Gasteiger partial charge on any atom is -0.319 e. The van der Waals surface area contributed by atoms with Crippen molar-refractivity contribution in [1.29, 1.82) is 0 Å². The zero-order valence-corrected chi connectivity index (χ0v) is 8.53. The maximum Gasteiger partial charge on any atom is 0.185 e. The lowest BCUT2D eigenvalue weighted by Gasteiger charge is -2.21. The van der Waals surface area contributed by atoms with Crippen LogP contribution < -0.4 is 5.73 Å². The molecule has 1 unspecified atom stereocenters. The van der Waals surface area contributed by atoms with Gasteiger partial charge in [0.15, 0.2) is 5.78 Å². The van der Waals surface area contributed by atoms with Gasteiger partial charge in [0, 0.05) is 13.2 Å². The quantitative estimate of drug-likeness (QED) is 0.720. The normalized spacial score (nSPS) is 20.5. The van der Waals surface area contributed by atoms with Gasteiger partial charge in [0.1, 0.15) is 0 Å². The lowest BCUT2D eigenvalue weighted by Crippen LogP contribution is -2.47. The Labute approximate surface area is 83.1 Å². The first-order valence-corrected chi connectivity index (χ1v) is 4.84. The van der Waals surface area contributed by atoms with Gasteiger partial charge in [-0.05, 0) is 25.7 Å². The monoisotopic (exact) mass is 193 g/mol. The van der Waals surface area contributed by atoms with Gasteiger partial charge in [0.05, 0.1) is 17.3 Å². The number of hydrogen-bond donors (Lipinski definition) is 1. The van der Waals surface area contributed by atoms with Crippen molar-refractivity contribution < 1.29 is 4.79 Å². The van der Waals surface area contributed by atoms with Gasteiger partial charge < -0.3 is 5.73 Å². The molecule has 4 nitrogen and oxygen atoms in total. The van der Waals surface area contributed by atoms with Crippen molar-refractivity contribution in [2.75, 3.05) is 0 Å². The molecule has 1 aliphatic rings. The second-order valence-electron chi connectivity index (χ2n) is 4.29. The Bertz CT molecular complexity index is 363. The van der Waals surface area contributed by atoms with Crippen LogP contribution in [0.2, 0.25) is 0 Å². The number of rotatable bonds is 3. The summed E-state index contributed by atoms with van der Waals surface area (Å²) >= 11 is 0. The van der Waals surface area contributed by atoms with Crippen LogP contribution in [0.15, 0.2) is 12.4 Å². The van der Waals surface area contributed by atoms with E-state index in [0.29, 0.717) is 11.5 Å². The SMILES string of the molecule is Cn1cc(C(=O)C(C)(N)C2CC2)cn1. The lowest BCUT2D eigenvalue weighted by molar-refractivity contribution is 0.0883. The Morgan fingerprint density at radius 1 is 1.71 bits per heavy atom. The number of hydrogen-bond acceptors (Lipinski definition) is 3. The highest BCUT2D eigenvalue weighted by molar-refractivity contribution is 6.02. The van der Waals surface area contributed by atoms with Gasteiger partial charge in [-0.15, -0.1) is 0 Å². The molecule has 0 bridgehead atoms. The van der Waals surface area contributed by atoms with E-state index >= 15 is 0 Å². The molecule has 2 rings (SSSR count).